The number of aryl methyl sites for hydroxylation is 1. The third-order valence-electron chi connectivity index (χ3n) is 8.18. The van der Waals surface area contributed by atoms with Crippen LogP contribution >= 0.6 is 0 Å². The number of anilines is 2. The Labute approximate surface area is 251 Å². The van der Waals surface area contributed by atoms with Crippen molar-refractivity contribution in [3.8, 4) is 0 Å². The van der Waals surface area contributed by atoms with Gasteiger partial charge in [0, 0.05) is 48.5 Å². The van der Waals surface area contributed by atoms with Crippen molar-refractivity contribution < 1.29 is 24.3 Å². The largest absolute Gasteiger partial charge is 0.478 e. The SMILES string of the molecule is Cc1cc2c(cc1C(=O)O)NC(=O)C2=C(Nc1ccc(C(=O)NOCCN2CC(C)N(C)[C@@H](C)C2)cc1)c1ccccc1. The van der Waals surface area contributed by atoms with E-state index in [-0.39, 0.29) is 17.4 Å². The number of carbonyl (C=O) groups excluding carboxylic acids is 2. The second kappa shape index (κ2) is 12.8. The standard InChI is InChI=1S/C33H37N5O5/c1-20-16-27-28(17-26(20)33(41)42)35-32(40)29(27)30(23-8-6-5-7-9-23)34-25-12-10-24(11-13-25)31(39)36-43-15-14-38-18-21(2)37(4)22(3)19-38/h5-13,16-17,21-22,34H,14-15,18-19H2,1-4H3,(H,35,40)(H,36,39)(H,41,42)/t21-,22?/m0/s1. The van der Waals surface area contributed by atoms with Crippen molar-refractivity contribution in [2.24, 2.45) is 0 Å². The molecule has 2 heterocycles. The quantitative estimate of drug-likeness (QED) is 0.167. The highest BCUT2D eigenvalue weighted by atomic mass is 16.7. The lowest BCUT2D eigenvalue weighted by Crippen LogP contribution is -2.55. The van der Waals surface area contributed by atoms with Crippen LogP contribution in [0.2, 0.25) is 0 Å². The molecule has 10 nitrogen and oxygen atoms in total. The highest BCUT2D eigenvalue weighted by molar-refractivity contribution is 6.37. The monoisotopic (exact) mass is 583 g/mol. The van der Waals surface area contributed by atoms with Crippen molar-refractivity contribution in [1.29, 1.82) is 0 Å². The van der Waals surface area contributed by atoms with Crippen molar-refractivity contribution in [3.63, 3.8) is 0 Å². The topological polar surface area (TPSA) is 123 Å². The van der Waals surface area contributed by atoms with Gasteiger partial charge in [-0.15, -0.1) is 0 Å². The molecule has 5 rings (SSSR count). The van der Waals surface area contributed by atoms with Crippen molar-refractivity contribution in [1.82, 2.24) is 15.3 Å². The summed E-state index contributed by atoms with van der Waals surface area (Å²) in [5.74, 6) is -1.73. The van der Waals surface area contributed by atoms with Gasteiger partial charge in [0.2, 0.25) is 0 Å². The normalized spacial score (nSPS) is 19.9. The first-order valence-electron chi connectivity index (χ1n) is 14.3. The lowest BCUT2D eigenvalue weighted by molar-refractivity contribution is -0.110. The minimum Gasteiger partial charge on any atom is -0.478 e. The number of carboxylic acids is 1. The maximum atomic E-state index is 13.2. The van der Waals surface area contributed by atoms with Crippen molar-refractivity contribution in [2.75, 3.05) is 43.9 Å². The van der Waals surface area contributed by atoms with Crippen LogP contribution < -0.4 is 16.1 Å². The number of hydrogen-bond acceptors (Lipinski definition) is 7. The molecule has 4 N–H and O–H groups in total. The first kappa shape index (κ1) is 30.0. The molecule has 0 spiro atoms. The van der Waals surface area contributed by atoms with E-state index in [9.17, 15) is 19.5 Å². The number of benzene rings is 3. The lowest BCUT2D eigenvalue weighted by atomic mass is 9.96. The summed E-state index contributed by atoms with van der Waals surface area (Å²) in [7, 11) is 2.15. The molecule has 3 aromatic rings. The molecule has 1 saturated heterocycles. The van der Waals surface area contributed by atoms with E-state index in [2.05, 4.69) is 46.8 Å². The van der Waals surface area contributed by atoms with Crippen molar-refractivity contribution >= 4 is 40.4 Å². The molecule has 2 aliphatic rings. The number of likely N-dealkylation sites (N-methyl/N-ethyl adjacent to an activating group) is 1. The summed E-state index contributed by atoms with van der Waals surface area (Å²) in [6.45, 7) is 9.18. The van der Waals surface area contributed by atoms with Gasteiger partial charge in [-0.25, -0.2) is 10.3 Å². The van der Waals surface area contributed by atoms with Crippen LogP contribution in [0, 0.1) is 6.92 Å². The maximum absolute atomic E-state index is 13.2. The molecule has 0 aliphatic carbocycles. The van der Waals surface area contributed by atoms with Crippen molar-refractivity contribution in [3.05, 3.63) is 94.5 Å². The molecule has 0 saturated carbocycles. The molecule has 224 valence electrons. The fraction of sp³-hybridized carbons (Fsp3) is 0.303. The van der Waals surface area contributed by atoms with E-state index < -0.39 is 5.97 Å². The maximum Gasteiger partial charge on any atom is 0.336 e. The van der Waals surface area contributed by atoms with Crippen LogP contribution in [-0.4, -0.2) is 78.1 Å². The van der Waals surface area contributed by atoms with Crippen LogP contribution in [-0.2, 0) is 9.63 Å². The molecule has 0 bridgehead atoms. The number of carboxylic acid groups (broad SMARTS) is 1. The fourth-order valence-electron chi connectivity index (χ4n) is 5.58. The summed E-state index contributed by atoms with van der Waals surface area (Å²) >= 11 is 0. The average molecular weight is 584 g/mol. The van der Waals surface area contributed by atoms with E-state index >= 15 is 0 Å². The van der Waals surface area contributed by atoms with Gasteiger partial charge in [0.1, 0.15) is 0 Å². The highest BCUT2D eigenvalue weighted by Crippen LogP contribution is 2.39. The predicted octanol–water partition coefficient (Wildman–Crippen LogP) is 4.31. The third kappa shape index (κ3) is 6.61. The number of hydrogen-bond donors (Lipinski definition) is 4. The van der Waals surface area contributed by atoms with E-state index in [0.717, 1.165) is 25.2 Å². The minimum absolute atomic E-state index is 0.135. The number of piperazine rings is 1. The van der Waals surface area contributed by atoms with Gasteiger partial charge in [0.15, 0.2) is 0 Å². The Morgan fingerprint density at radius 3 is 2.33 bits per heavy atom. The number of fused-ring (bicyclic) bond motifs is 1. The van der Waals surface area contributed by atoms with Crippen LogP contribution in [0.15, 0.2) is 66.7 Å². The van der Waals surface area contributed by atoms with Gasteiger partial charge in [-0.2, -0.15) is 0 Å². The Bertz CT molecular complexity index is 1540. The Kier molecular flexibility index (Phi) is 8.91. The molecule has 1 unspecified atom stereocenters. The van der Waals surface area contributed by atoms with Crippen LogP contribution in [0.1, 0.15) is 51.3 Å². The third-order valence-corrected chi connectivity index (χ3v) is 8.18. The number of nitrogens with zero attached hydrogens (tertiary/aromatic N) is 2. The summed E-state index contributed by atoms with van der Waals surface area (Å²) in [5, 5.41) is 15.7. The second-order valence-electron chi connectivity index (χ2n) is 11.2. The van der Waals surface area contributed by atoms with E-state index in [1.54, 1.807) is 37.3 Å². The van der Waals surface area contributed by atoms with Crippen LogP contribution in [0.4, 0.5) is 11.4 Å². The Balaban J connectivity index is 1.29. The van der Waals surface area contributed by atoms with Gasteiger partial charge in [0.25, 0.3) is 11.8 Å². The second-order valence-corrected chi connectivity index (χ2v) is 11.2. The van der Waals surface area contributed by atoms with Crippen LogP contribution in [0.5, 0.6) is 0 Å². The summed E-state index contributed by atoms with van der Waals surface area (Å²) in [5.41, 5.74) is 7.13. The van der Waals surface area contributed by atoms with Gasteiger partial charge in [0.05, 0.1) is 29.1 Å². The highest BCUT2D eigenvalue weighted by Gasteiger charge is 2.30. The molecule has 2 atom stereocenters. The molecular weight excluding hydrogens is 546 g/mol. The van der Waals surface area contributed by atoms with E-state index in [4.69, 9.17) is 4.84 Å². The van der Waals surface area contributed by atoms with Gasteiger partial charge in [-0.05, 0) is 75.3 Å². The Morgan fingerprint density at radius 2 is 1.67 bits per heavy atom. The molecule has 3 aromatic carbocycles. The smallest absolute Gasteiger partial charge is 0.336 e. The first-order valence-corrected chi connectivity index (χ1v) is 14.3. The fourth-order valence-corrected chi connectivity index (χ4v) is 5.58. The molecule has 2 aliphatic heterocycles. The van der Waals surface area contributed by atoms with E-state index in [1.807, 2.05) is 30.3 Å². The minimum atomic E-state index is -1.05. The Hall–Kier alpha value is -4.51. The molecular formula is C33H37N5O5. The number of carbonyl (C=O) groups is 3. The summed E-state index contributed by atoms with van der Waals surface area (Å²) in [6.07, 6.45) is 0. The molecule has 2 amide bonds. The van der Waals surface area contributed by atoms with Gasteiger partial charge in [-0.1, -0.05) is 30.3 Å². The van der Waals surface area contributed by atoms with E-state index in [1.165, 1.54) is 6.07 Å². The number of hydroxylamine groups is 1. The molecule has 1 fully saturated rings. The number of rotatable bonds is 9. The zero-order valence-electron chi connectivity index (χ0n) is 24.8. The number of amides is 2. The summed E-state index contributed by atoms with van der Waals surface area (Å²) in [4.78, 5) is 47.8. The molecule has 43 heavy (non-hydrogen) atoms. The van der Waals surface area contributed by atoms with E-state index in [0.29, 0.717) is 58.0 Å². The lowest BCUT2D eigenvalue weighted by Gasteiger charge is -2.42. The zero-order chi connectivity index (χ0) is 30.7. The van der Waals surface area contributed by atoms with Crippen molar-refractivity contribution in [2.45, 2.75) is 32.9 Å². The summed E-state index contributed by atoms with van der Waals surface area (Å²) in [6, 6.07) is 20.5. The molecule has 0 radical (unpaired) electrons. The first-order chi connectivity index (χ1) is 20.6. The summed E-state index contributed by atoms with van der Waals surface area (Å²) < 4.78 is 0. The molecule has 0 aromatic heterocycles. The Morgan fingerprint density at radius 1 is 1.00 bits per heavy atom. The van der Waals surface area contributed by atoms with Gasteiger partial charge in [-0.3, -0.25) is 24.2 Å². The van der Waals surface area contributed by atoms with Crippen LogP contribution in [0.3, 0.4) is 0 Å². The van der Waals surface area contributed by atoms with Gasteiger partial charge >= 0.3 is 5.97 Å². The van der Waals surface area contributed by atoms with Gasteiger partial charge < -0.3 is 15.7 Å². The zero-order valence-corrected chi connectivity index (χ0v) is 24.8. The van der Waals surface area contributed by atoms with Crippen LogP contribution in [0.25, 0.3) is 11.3 Å². The predicted molar refractivity (Wildman–Crippen MR) is 167 cm³/mol. The average Bonchev–Trinajstić information content (AvgIpc) is 3.31. The number of aromatic carboxylic acids is 1. The molecule has 10 heteroatoms. The number of nitrogens with one attached hydrogen (secondary N) is 3.